The van der Waals surface area contributed by atoms with Crippen molar-refractivity contribution in [2.24, 2.45) is 7.05 Å². The van der Waals surface area contributed by atoms with Gasteiger partial charge in [-0.2, -0.15) is 5.39 Å². The van der Waals surface area contributed by atoms with Crippen LogP contribution in [0.4, 0.5) is 5.69 Å². The summed E-state index contributed by atoms with van der Waals surface area (Å²) in [6, 6.07) is 7.04. The van der Waals surface area contributed by atoms with Gasteiger partial charge < -0.3 is 10.3 Å². The van der Waals surface area contributed by atoms with Gasteiger partial charge in [0.25, 0.3) is 0 Å². The van der Waals surface area contributed by atoms with Crippen molar-refractivity contribution in [3.05, 3.63) is 34.6 Å². The van der Waals surface area contributed by atoms with E-state index in [1.54, 1.807) is 29.8 Å². The van der Waals surface area contributed by atoms with Crippen LogP contribution < -0.4 is 11.3 Å². The Labute approximate surface area is 86.0 Å². The van der Waals surface area contributed by atoms with Gasteiger partial charge in [-0.05, 0) is 5.69 Å². The number of benzene rings is 1. The quantitative estimate of drug-likeness (QED) is 0.403. The number of hydrogen-bond acceptors (Lipinski definition) is 2. The van der Waals surface area contributed by atoms with Gasteiger partial charge in [-0.25, -0.2) is 0 Å². The molecule has 1 aromatic carbocycles. The molecule has 0 bridgehead atoms. The van der Waals surface area contributed by atoms with Crippen LogP contribution in [0.2, 0.25) is 0 Å². The SMILES string of the molecule is Cn1c(=O)[cH-]c2cc(N)ccc21.[Fe]. The number of fused-ring (bicyclic) bond motifs is 1. The summed E-state index contributed by atoms with van der Waals surface area (Å²) in [4.78, 5) is 11.2. The van der Waals surface area contributed by atoms with Gasteiger partial charge in [0.1, 0.15) is 0 Å². The van der Waals surface area contributed by atoms with Crippen LogP contribution in [0.15, 0.2) is 29.1 Å². The van der Waals surface area contributed by atoms with E-state index < -0.39 is 0 Å². The van der Waals surface area contributed by atoms with Crippen LogP contribution in [0.5, 0.6) is 0 Å². The summed E-state index contributed by atoms with van der Waals surface area (Å²) < 4.78 is 1.61. The second-order valence-corrected chi connectivity index (χ2v) is 2.86. The summed E-state index contributed by atoms with van der Waals surface area (Å²) in [6.45, 7) is 0. The van der Waals surface area contributed by atoms with Crippen LogP contribution >= 0.6 is 0 Å². The topological polar surface area (TPSA) is 48.0 Å². The first-order valence-electron chi connectivity index (χ1n) is 3.70. The predicted molar refractivity (Wildman–Crippen MR) is 49.2 cm³/mol. The Hall–Kier alpha value is -1.12. The molecule has 0 saturated heterocycles. The first kappa shape index (κ1) is 9.96. The molecule has 0 aliphatic heterocycles. The van der Waals surface area contributed by atoms with Gasteiger partial charge in [-0.1, -0.05) is 23.7 Å². The van der Waals surface area contributed by atoms with Gasteiger partial charge in [0.15, 0.2) is 5.56 Å². The summed E-state index contributed by atoms with van der Waals surface area (Å²) in [5.74, 6) is 0. The van der Waals surface area contributed by atoms with E-state index in [0.717, 1.165) is 10.9 Å². The molecule has 2 rings (SSSR count). The first-order valence-corrected chi connectivity index (χ1v) is 3.70. The number of rotatable bonds is 0. The Morgan fingerprint density at radius 1 is 1.46 bits per heavy atom. The number of nitrogens with two attached hydrogens (primary N) is 1. The van der Waals surface area contributed by atoms with E-state index in [4.69, 9.17) is 5.73 Å². The van der Waals surface area contributed by atoms with Crippen molar-refractivity contribution in [3.8, 4) is 0 Å². The van der Waals surface area contributed by atoms with E-state index in [1.807, 2.05) is 6.07 Å². The third-order valence-electron chi connectivity index (χ3n) is 2.02. The summed E-state index contributed by atoms with van der Waals surface area (Å²) in [5, 5.41) is 0.905. The van der Waals surface area contributed by atoms with Crippen LogP contribution in [0, 0.1) is 0 Å². The number of hydrogen-bond donors (Lipinski definition) is 1. The smallest absolute Gasteiger partial charge is 0.184 e. The number of nitrogen functional groups attached to an aromatic ring is 1. The second-order valence-electron chi connectivity index (χ2n) is 2.86. The third-order valence-corrected chi connectivity index (χ3v) is 2.02. The molecule has 0 unspecified atom stereocenters. The normalized spacial score (nSPS) is 9.92. The molecule has 70 valence electrons. The van der Waals surface area contributed by atoms with Gasteiger partial charge >= 0.3 is 0 Å². The summed E-state index contributed by atoms with van der Waals surface area (Å²) in [7, 11) is 1.75. The summed E-state index contributed by atoms with van der Waals surface area (Å²) in [5.41, 5.74) is 7.19. The molecular formula is C9H9FeN2O-. The third kappa shape index (κ3) is 1.50. The van der Waals surface area contributed by atoms with Crippen molar-refractivity contribution in [2.45, 2.75) is 0 Å². The molecule has 3 nitrogen and oxygen atoms in total. The molecule has 0 amide bonds. The first-order chi connectivity index (χ1) is 5.68. The molecule has 0 saturated carbocycles. The molecule has 0 aliphatic rings. The maximum atomic E-state index is 11.2. The zero-order valence-electron chi connectivity index (χ0n) is 7.10. The van der Waals surface area contributed by atoms with Gasteiger partial charge in [-0.3, -0.25) is 4.79 Å². The maximum absolute atomic E-state index is 11.2. The molecule has 2 N–H and O–H groups in total. The standard InChI is InChI=1S/C9H9N2O.Fe/c1-11-8-3-2-7(10)4-6(8)5-9(11)12;/h2-5H,10H2,1H3;/q-1;. The summed E-state index contributed by atoms with van der Waals surface area (Å²) >= 11 is 0. The second kappa shape index (κ2) is 3.32. The maximum Gasteiger partial charge on any atom is 0.184 e. The monoisotopic (exact) mass is 217 g/mol. The zero-order valence-corrected chi connectivity index (χ0v) is 8.20. The van der Waals surface area contributed by atoms with Gasteiger partial charge in [0.05, 0.1) is 0 Å². The predicted octanol–water partition coefficient (Wildman–Crippen LogP) is 0.837. The molecule has 0 atom stereocenters. The largest absolute Gasteiger partial charge is 0.409 e. The fourth-order valence-electron chi connectivity index (χ4n) is 1.34. The van der Waals surface area contributed by atoms with Gasteiger partial charge in [0, 0.05) is 24.1 Å². The molecule has 4 heteroatoms. The Morgan fingerprint density at radius 2 is 2.15 bits per heavy atom. The van der Waals surface area contributed by atoms with E-state index in [1.165, 1.54) is 0 Å². The Balaban J connectivity index is 0.000000845. The Kier molecular flexibility index (Phi) is 2.55. The fraction of sp³-hybridized carbons (Fsp3) is 0.111. The van der Waals surface area contributed by atoms with Crippen LogP contribution in [0.25, 0.3) is 10.9 Å². The van der Waals surface area contributed by atoms with Crippen molar-refractivity contribution in [2.75, 3.05) is 5.73 Å². The van der Waals surface area contributed by atoms with E-state index in [-0.39, 0.29) is 22.6 Å². The number of nitrogens with zero attached hydrogens (tertiary/aromatic N) is 1. The minimum atomic E-state index is 0. The van der Waals surface area contributed by atoms with Crippen molar-refractivity contribution in [1.82, 2.24) is 4.57 Å². The van der Waals surface area contributed by atoms with Crippen LogP contribution in [0.3, 0.4) is 0 Å². The Morgan fingerprint density at radius 3 is 2.85 bits per heavy atom. The van der Waals surface area contributed by atoms with Crippen LogP contribution in [-0.2, 0) is 24.1 Å². The molecule has 1 heterocycles. The number of anilines is 1. The van der Waals surface area contributed by atoms with E-state index >= 15 is 0 Å². The average molecular weight is 217 g/mol. The van der Waals surface area contributed by atoms with E-state index in [0.29, 0.717) is 5.69 Å². The molecule has 13 heavy (non-hydrogen) atoms. The minimum absolute atomic E-state index is 0. The van der Waals surface area contributed by atoms with Crippen molar-refractivity contribution in [1.29, 1.82) is 0 Å². The van der Waals surface area contributed by atoms with Gasteiger partial charge in [0.2, 0.25) is 0 Å². The van der Waals surface area contributed by atoms with Crippen molar-refractivity contribution in [3.63, 3.8) is 0 Å². The number of aromatic nitrogens is 1. The van der Waals surface area contributed by atoms with E-state index in [2.05, 4.69) is 0 Å². The molecule has 0 fully saturated rings. The molecule has 2 aromatic rings. The molecular weight excluding hydrogens is 208 g/mol. The van der Waals surface area contributed by atoms with Crippen LogP contribution in [0.1, 0.15) is 0 Å². The molecule has 0 radical (unpaired) electrons. The zero-order chi connectivity index (χ0) is 8.72. The average Bonchev–Trinajstić information content (AvgIpc) is 2.28. The van der Waals surface area contributed by atoms with Gasteiger partial charge in [-0.15, -0.1) is 6.07 Å². The summed E-state index contributed by atoms with van der Waals surface area (Å²) in [6.07, 6.45) is 0. The van der Waals surface area contributed by atoms with Crippen LogP contribution in [-0.4, -0.2) is 4.57 Å². The van der Waals surface area contributed by atoms with E-state index in [9.17, 15) is 4.79 Å². The van der Waals surface area contributed by atoms with Crippen molar-refractivity contribution < 1.29 is 17.1 Å². The van der Waals surface area contributed by atoms with Crippen molar-refractivity contribution >= 4 is 16.6 Å². The molecule has 1 aromatic heterocycles. The molecule has 0 spiro atoms. The minimum Gasteiger partial charge on any atom is -0.409 e. The number of aryl methyl sites for hydroxylation is 1. The fourth-order valence-corrected chi connectivity index (χ4v) is 1.34. The Bertz CT molecular complexity index is 484. The molecule has 0 aliphatic carbocycles.